The van der Waals surface area contributed by atoms with Crippen LogP contribution in [-0.4, -0.2) is 56.1 Å². The average molecular weight is 342 g/mol. The van der Waals surface area contributed by atoms with E-state index in [0.29, 0.717) is 5.69 Å². The van der Waals surface area contributed by atoms with E-state index in [2.05, 4.69) is 15.0 Å². The second kappa shape index (κ2) is 7.31. The number of aromatic nitrogens is 4. The van der Waals surface area contributed by atoms with Gasteiger partial charge < -0.3 is 9.80 Å². The summed E-state index contributed by atoms with van der Waals surface area (Å²) >= 11 is 0. The smallest absolute Gasteiger partial charge is 0.274 e. The number of hydrogen-bond acceptors (Lipinski definition) is 5. The van der Waals surface area contributed by atoms with Gasteiger partial charge in [0.15, 0.2) is 5.69 Å². The van der Waals surface area contributed by atoms with Gasteiger partial charge in [0.2, 0.25) is 0 Å². The van der Waals surface area contributed by atoms with E-state index in [1.54, 1.807) is 12.4 Å². The molecule has 3 rings (SSSR count). The summed E-state index contributed by atoms with van der Waals surface area (Å²) in [6, 6.07) is 1.85. The summed E-state index contributed by atoms with van der Waals surface area (Å²) in [5.41, 5.74) is 3.32. The van der Waals surface area contributed by atoms with E-state index in [1.807, 2.05) is 43.6 Å². The van der Waals surface area contributed by atoms with Crippen molar-refractivity contribution in [3.63, 3.8) is 0 Å². The van der Waals surface area contributed by atoms with E-state index in [1.165, 1.54) is 0 Å². The van der Waals surface area contributed by atoms with Crippen LogP contribution in [0.4, 0.5) is 0 Å². The van der Waals surface area contributed by atoms with Crippen molar-refractivity contribution >= 4 is 5.91 Å². The van der Waals surface area contributed by atoms with Crippen molar-refractivity contribution < 1.29 is 4.79 Å². The minimum absolute atomic E-state index is 0.0161. The maximum Gasteiger partial charge on any atom is 0.274 e. The van der Waals surface area contributed by atoms with Crippen molar-refractivity contribution in [3.8, 4) is 0 Å². The predicted molar refractivity (Wildman–Crippen MR) is 95.1 cm³/mol. The molecule has 1 fully saturated rings. The lowest BCUT2D eigenvalue weighted by Gasteiger charge is -2.23. The topological polar surface area (TPSA) is 67.2 Å². The molecule has 2 aromatic rings. The molecule has 7 heteroatoms. The highest BCUT2D eigenvalue weighted by Gasteiger charge is 2.33. The molecule has 1 aliphatic rings. The Morgan fingerprint density at radius 1 is 1.36 bits per heavy atom. The molecule has 0 aromatic carbocycles. The van der Waals surface area contributed by atoms with Crippen LogP contribution < -0.4 is 0 Å². The molecule has 0 N–H and O–H groups in total. The van der Waals surface area contributed by atoms with Crippen LogP contribution in [0.3, 0.4) is 0 Å². The number of amides is 1. The summed E-state index contributed by atoms with van der Waals surface area (Å²) in [6.07, 6.45) is 5.46. The van der Waals surface area contributed by atoms with E-state index in [0.717, 1.165) is 49.6 Å². The first-order valence-electron chi connectivity index (χ1n) is 8.80. The second-order valence-corrected chi connectivity index (χ2v) is 6.82. The van der Waals surface area contributed by atoms with Crippen LogP contribution in [0.2, 0.25) is 0 Å². The molecule has 3 heterocycles. The Kier molecular flexibility index (Phi) is 5.13. The molecule has 25 heavy (non-hydrogen) atoms. The van der Waals surface area contributed by atoms with Gasteiger partial charge in [-0.1, -0.05) is 0 Å². The Balaban J connectivity index is 1.83. The second-order valence-electron chi connectivity index (χ2n) is 6.82. The lowest BCUT2D eigenvalue weighted by atomic mass is 10.1. The fourth-order valence-electron chi connectivity index (χ4n) is 3.38. The highest BCUT2D eigenvalue weighted by atomic mass is 16.2. The van der Waals surface area contributed by atoms with Gasteiger partial charge in [0, 0.05) is 31.5 Å². The largest absolute Gasteiger partial charge is 0.329 e. The van der Waals surface area contributed by atoms with Gasteiger partial charge in [-0.15, -0.1) is 0 Å². The number of nitrogens with zero attached hydrogens (tertiary/aromatic N) is 6. The maximum atomic E-state index is 13.0. The fourth-order valence-corrected chi connectivity index (χ4v) is 3.38. The summed E-state index contributed by atoms with van der Waals surface area (Å²) in [7, 11) is 4.01. The molecule has 0 aliphatic carbocycles. The van der Waals surface area contributed by atoms with Crippen LogP contribution in [0.15, 0.2) is 18.5 Å². The van der Waals surface area contributed by atoms with Gasteiger partial charge in [0.05, 0.1) is 23.6 Å². The third kappa shape index (κ3) is 3.71. The monoisotopic (exact) mass is 342 g/mol. The first kappa shape index (κ1) is 17.5. The first-order valence-corrected chi connectivity index (χ1v) is 8.80. The standard InChI is InChI=1S/C18H26N6O/c1-5-24-13(2)9-15(21-24)18(25)23-8-6-7-17(23)16-11-19-10-14(20-16)12-22(3)4/h9-11,17H,5-8,12H2,1-4H3/t17-/m1/s1. The highest BCUT2D eigenvalue weighted by molar-refractivity contribution is 5.92. The van der Waals surface area contributed by atoms with Crippen molar-refractivity contribution in [2.75, 3.05) is 20.6 Å². The summed E-state index contributed by atoms with van der Waals surface area (Å²) in [5, 5.41) is 4.44. The SMILES string of the molecule is CCn1nc(C(=O)N2CCC[C@@H]2c2cncc(CN(C)C)n2)cc1C. The van der Waals surface area contributed by atoms with E-state index < -0.39 is 0 Å². The van der Waals surface area contributed by atoms with Gasteiger partial charge in [-0.25, -0.2) is 0 Å². The third-order valence-corrected chi connectivity index (χ3v) is 4.54. The molecule has 2 aromatic heterocycles. The van der Waals surface area contributed by atoms with Crippen LogP contribution in [0, 0.1) is 6.92 Å². The number of likely N-dealkylation sites (tertiary alicyclic amines) is 1. The molecule has 0 bridgehead atoms. The third-order valence-electron chi connectivity index (χ3n) is 4.54. The van der Waals surface area contributed by atoms with Gasteiger partial charge in [0.25, 0.3) is 5.91 Å². The number of carbonyl (C=O) groups is 1. The molecule has 1 amide bonds. The number of hydrogen-bond donors (Lipinski definition) is 0. The number of carbonyl (C=O) groups excluding carboxylic acids is 1. The molecular formula is C18H26N6O. The van der Waals surface area contributed by atoms with Crippen molar-refractivity contribution in [2.24, 2.45) is 0 Å². The highest BCUT2D eigenvalue weighted by Crippen LogP contribution is 2.31. The van der Waals surface area contributed by atoms with Gasteiger partial charge in [-0.05, 0) is 46.9 Å². The van der Waals surface area contributed by atoms with Gasteiger partial charge in [0.1, 0.15) is 0 Å². The molecule has 1 aliphatic heterocycles. The van der Waals surface area contributed by atoms with E-state index in [4.69, 9.17) is 4.98 Å². The minimum atomic E-state index is -0.0193. The van der Waals surface area contributed by atoms with Crippen LogP contribution in [0.25, 0.3) is 0 Å². The van der Waals surface area contributed by atoms with Gasteiger partial charge >= 0.3 is 0 Å². The Hall–Kier alpha value is -2.28. The molecule has 7 nitrogen and oxygen atoms in total. The summed E-state index contributed by atoms with van der Waals surface area (Å²) in [6.45, 7) is 6.24. The number of aryl methyl sites for hydroxylation is 2. The zero-order chi connectivity index (χ0) is 18.0. The molecule has 0 saturated carbocycles. The molecule has 1 atom stereocenters. The lowest BCUT2D eigenvalue weighted by Crippen LogP contribution is -2.31. The predicted octanol–water partition coefficient (Wildman–Crippen LogP) is 2.04. The first-order chi connectivity index (χ1) is 12.0. The van der Waals surface area contributed by atoms with E-state index in [-0.39, 0.29) is 11.9 Å². The normalized spacial score (nSPS) is 17.5. The van der Waals surface area contributed by atoms with Gasteiger partial charge in [-0.3, -0.25) is 19.4 Å². The van der Waals surface area contributed by atoms with Crippen LogP contribution >= 0.6 is 0 Å². The summed E-state index contributed by atoms with van der Waals surface area (Å²) < 4.78 is 1.86. The summed E-state index contributed by atoms with van der Waals surface area (Å²) in [5.74, 6) is -0.0161. The minimum Gasteiger partial charge on any atom is -0.329 e. The zero-order valence-corrected chi connectivity index (χ0v) is 15.4. The quantitative estimate of drug-likeness (QED) is 0.832. The average Bonchev–Trinajstić information content (AvgIpc) is 3.20. The molecule has 0 spiro atoms. The number of rotatable bonds is 5. The van der Waals surface area contributed by atoms with Crippen LogP contribution in [-0.2, 0) is 13.1 Å². The van der Waals surface area contributed by atoms with Gasteiger partial charge in [-0.2, -0.15) is 5.10 Å². The van der Waals surface area contributed by atoms with E-state index in [9.17, 15) is 4.79 Å². The van der Waals surface area contributed by atoms with Crippen LogP contribution in [0.5, 0.6) is 0 Å². The Morgan fingerprint density at radius 2 is 2.16 bits per heavy atom. The van der Waals surface area contributed by atoms with Crippen molar-refractivity contribution in [2.45, 2.75) is 45.8 Å². The Labute approximate surface area is 148 Å². The van der Waals surface area contributed by atoms with Crippen LogP contribution in [0.1, 0.15) is 53.4 Å². The van der Waals surface area contributed by atoms with E-state index >= 15 is 0 Å². The molecule has 134 valence electrons. The van der Waals surface area contributed by atoms with Crippen molar-refractivity contribution in [1.82, 2.24) is 29.5 Å². The maximum absolute atomic E-state index is 13.0. The summed E-state index contributed by atoms with van der Waals surface area (Å²) in [4.78, 5) is 26.0. The molecule has 0 unspecified atom stereocenters. The Bertz CT molecular complexity index is 754. The lowest BCUT2D eigenvalue weighted by molar-refractivity contribution is 0.0725. The molecular weight excluding hydrogens is 316 g/mol. The van der Waals surface area contributed by atoms with Crippen molar-refractivity contribution in [1.29, 1.82) is 0 Å². The molecule has 0 radical (unpaired) electrons. The van der Waals surface area contributed by atoms with Crippen molar-refractivity contribution in [3.05, 3.63) is 41.2 Å². The fraction of sp³-hybridized carbons (Fsp3) is 0.556. The zero-order valence-electron chi connectivity index (χ0n) is 15.4. The Morgan fingerprint density at radius 3 is 2.84 bits per heavy atom. The molecule has 1 saturated heterocycles.